The summed E-state index contributed by atoms with van der Waals surface area (Å²) < 4.78 is 3.84. The number of rotatable bonds is 1. The van der Waals surface area contributed by atoms with E-state index in [-0.39, 0.29) is 24.6 Å². The molecule has 1 heteroatoms. The van der Waals surface area contributed by atoms with Crippen molar-refractivity contribution in [2.75, 3.05) is 0 Å². The van der Waals surface area contributed by atoms with Crippen molar-refractivity contribution in [1.29, 1.82) is 0 Å². The monoisotopic (exact) mass is 258 g/mol. The van der Waals surface area contributed by atoms with Gasteiger partial charge in [-0.2, -0.15) is 0 Å². The Bertz CT molecular complexity index is 30.6. The minimum absolute atomic E-state index is 0.114. The Balaban J connectivity index is 2.00. The van der Waals surface area contributed by atoms with Gasteiger partial charge in [0.1, 0.15) is 0 Å². The van der Waals surface area contributed by atoms with Crippen molar-refractivity contribution in [1.82, 2.24) is 0 Å². The van der Waals surface area contributed by atoms with Gasteiger partial charge in [-0.25, -0.2) is 0 Å². The van der Waals surface area contributed by atoms with Gasteiger partial charge in [0.05, 0.1) is 0 Å². The summed E-state index contributed by atoms with van der Waals surface area (Å²) in [6.45, 7) is 0. The maximum absolute atomic E-state index is 2.48. The third-order valence-corrected chi connectivity index (χ3v) is 8.94. The molecule has 0 saturated heterocycles. The summed E-state index contributed by atoms with van der Waals surface area (Å²) in [4.78, 5) is 0. The molecule has 0 amide bonds. The first-order valence-electron chi connectivity index (χ1n) is 2.43. The van der Waals surface area contributed by atoms with Gasteiger partial charge in [0.25, 0.3) is 0 Å². The Morgan fingerprint density at radius 3 is 2.20 bits per heavy atom. The molecular weight excluding hydrogens is 249 g/mol. The van der Waals surface area contributed by atoms with E-state index in [0.29, 0.717) is 0 Å². The summed E-state index contributed by atoms with van der Waals surface area (Å²) in [5.74, 6) is 0. The molecule has 1 rings (SSSR count). The molecule has 0 heterocycles. The SMILES string of the molecule is [CH3][Hg][CH]1CC1. The predicted octanol–water partition coefficient (Wildman–Crippen LogP) is 1.70. The fourth-order valence-electron chi connectivity index (χ4n) is 0.526. The second kappa shape index (κ2) is 1.59. The van der Waals surface area contributed by atoms with Crippen molar-refractivity contribution >= 4 is 0 Å². The molecule has 0 atom stereocenters. The minimum atomic E-state index is -0.114. The van der Waals surface area contributed by atoms with E-state index in [0.717, 1.165) is 0 Å². The third kappa shape index (κ3) is 1.21. The van der Waals surface area contributed by atoms with Crippen LogP contribution in [0, 0.1) is 0 Å². The molecule has 5 heavy (non-hydrogen) atoms. The average molecular weight is 257 g/mol. The molecule has 0 aromatic heterocycles. The van der Waals surface area contributed by atoms with Crippen molar-refractivity contribution in [2.45, 2.75) is 20.7 Å². The van der Waals surface area contributed by atoms with Gasteiger partial charge >= 0.3 is 45.3 Å². The van der Waals surface area contributed by atoms with Gasteiger partial charge in [0.2, 0.25) is 0 Å². The van der Waals surface area contributed by atoms with Crippen LogP contribution in [0.3, 0.4) is 0 Å². The fourth-order valence-corrected chi connectivity index (χ4v) is 4.62. The quantitative estimate of drug-likeness (QED) is 0.627. The van der Waals surface area contributed by atoms with E-state index in [4.69, 9.17) is 0 Å². The second-order valence-corrected chi connectivity index (χ2v) is 9.51. The van der Waals surface area contributed by atoms with Gasteiger partial charge in [0, 0.05) is 0 Å². The molecule has 0 N–H and O–H groups in total. The molecule has 0 bridgehead atoms. The molecule has 0 spiro atoms. The molecule has 1 aliphatic carbocycles. The molecule has 0 nitrogen and oxygen atoms in total. The molecule has 26 valence electrons. The zero-order valence-corrected chi connectivity index (χ0v) is 9.20. The Morgan fingerprint density at radius 1 is 1.60 bits per heavy atom. The number of hydrogen-bond donors (Lipinski definition) is 0. The number of hydrogen-bond acceptors (Lipinski definition) is 0. The molecule has 0 radical (unpaired) electrons. The van der Waals surface area contributed by atoms with Gasteiger partial charge in [-0.15, -0.1) is 0 Å². The summed E-state index contributed by atoms with van der Waals surface area (Å²) >= 11 is -0.114. The Kier molecular flexibility index (Phi) is 1.30. The second-order valence-electron chi connectivity index (χ2n) is 1.85. The predicted molar refractivity (Wildman–Crippen MR) is 18.8 cm³/mol. The van der Waals surface area contributed by atoms with E-state index in [1.165, 1.54) is 3.43 Å². The normalized spacial score (nSPS) is 21.8. The standard InChI is InChI=1S/C3H5.CH3.Hg/c1-2-3-1;;/h1H,2-3H2;1H3;. The molecule has 0 aromatic rings. The van der Waals surface area contributed by atoms with Crippen LogP contribution in [0.25, 0.3) is 0 Å². The van der Waals surface area contributed by atoms with Gasteiger partial charge in [-0.3, -0.25) is 0 Å². The van der Waals surface area contributed by atoms with Gasteiger partial charge in [-0.1, -0.05) is 0 Å². The summed E-state index contributed by atoms with van der Waals surface area (Å²) in [5, 5.41) is 0. The van der Waals surface area contributed by atoms with E-state index < -0.39 is 0 Å². The zero-order valence-electron chi connectivity index (χ0n) is 3.70. The molecular formula is C4H8Hg. The Morgan fingerprint density at radius 2 is 2.20 bits per heavy atom. The zero-order chi connectivity index (χ0) is 3.70. The van der Waals surface area contributed by atoms with Crippen molar-refractivity contribution in [3.8, 4) is 0 Å². The van der Waals surface area contributed by atoms with Gasteiger partial charge < -0.3 is 0 Å². The molecule has 0 aliphatic heterocycles. The van der Waals surface area contributed by atoms with Crippen LogP contribution < -0.4 is 0 Å². The first-order valence-corrected chi connectivity index (χ1v) is 11.1. The summed E-state index contributed by atoms with van der Waals surface area (Å²) in [7, 11) is 0. The molecule has 1 aliphatic rings. The van der Waals surface area contributed by atoms with Crippen LogP contribution in [0.2, 0.25) is 7.86 Å². The molecule has 1 saturated carbocycles. The fraction of sp³-hybridized carbons (Fsp3) is 1.00. The van der Waals surface area contributed by atoms with Crippen molar-refractivity contribution < 1.29 is 24.6 Å². The van der Waals surface area contributed by atoms with Gasteiger partial charge in [-0.05, 0) is 0 Å². The van der Waals surface area contributed by atoms with E-state index in [1.807, 2.05) is 0 Å². The van der Waals surface area contributed by atoms with E-state index in [2.05, 4.69) is 4.43 Å². The van der Waals surface area contributed by atoms with Crippen LogP contribution in [0.15, 0.2) is 0 Å². The van der Waals surface area contributed by atoms with E-state index >= 15 is 0 Å². The first kappa shape index (κ1) is 4.10. The summed E-state index contributed by atoms with van der Waals surface area (Å²) in [5.41, 5.74) is 0. The topological polar surface area (TPSA) is 0 Å². The maximum atomic E-state index is 2.48. The molecule has 0 aromatic carbocycles. The summed E-state index contributed by atoms with van der Waals surface area (Å²) in [6.07, 6.45) is 3.22. The Hall–Kier alpha value is 0.935. The van der Waals surface area contributed by atoms with Crippen molar-refractivity contribution in [3.63, 3.8) is 0 Å². The third-order valence-electron chi connectivity index (χ3n) is 1.27. The Labute approximate surface area is 45.4 Å². The van der Waals surface area contributed by atoms with E-state index in [9.17, 15) is 0 Å². The van der Waals surface area contributed by atoms with Crippen LogP contribution in [0.4, 0.5) is 0 Å². The van der Waals surface area contributed by atoms with Crippen LogP contribution in [0.5, 0.6) is 0 Å². The van der Waals surface area contributed by atoms with Crippen LogP contribution in [0.1, 0.15) is 12.8 Å². The van der Waals surface area contributed by atoms with E-state index in [1.54, 1.807) is 12.8 Å². The first-order chi connectivity index (χ1) is 2.43. The molecule has 1 fully saturated rings. The van der Waals surface area contributed by atoms with Crippen LogP contribution in [-0.4, -0.2) is 0 Å². The molecule has 0 unspecified atom stereocenters. The summed E-state index contributed by atoms with van der Waals surface area (Å²) in [6, 6.07) is 0. The van der Waals surface area contributed by atoms with Crippen LogP contribution >= 0.6 is 0 Å². The van der Waals surface area contributed by atoms with Crippen molar-refractivity contribution in [3.05, 3.63) is 0 Å². The van der Waals surface area contributed by atoms with Crippen molar-refractivity contribution in [2.24, 2.45) is 0 Å². The average Bonchev–Trinajstić information content (AvgIpc) is 2.12. The van der Waals surface area contributed by atoms with Crippen LogP contribution in [-0.2, 0) is 24.6 Å². The van der Waals surface area contributed by atoms with Gasteiger partial charge in [0.15, 0.2) is 0 Å².